The lowest BCUT2D eigenvalue weighted by Crippen LogP contribution is -2.09. The number of carbonyl (C=O) groups excluding carboxylic acids is 1. The highest BCUT2D eigenvalue weighted by Crippen LogP contribution is 2.36. The molecular weight excluding hydrogens is 324 g/mol. The third kappa shape index (κ3) is 3.96. The molecule has 1 N–H and O–H groups in total. The molecule has 0 saturated carbocycles. The van der Waals surface area contributed by atoms with E-state index in [0.29, 0.717) is 43.3 Å². The lowest BCUT2D eigenvalue weighted by molar-refractivity contribution is 0.0596. The van der Waals surface area contributed by atoms with Gasteiger partial charge in [-0.05, 0) is 18.2 Å². The van der Waals surface area contributed by atoms with Crippen molar-refractivity contribution < 1.29 is 28.8 Å². The standard InChI is InChI=1S/C19H20O6/c1-22-19(21)14-5-2-3-6-16(14)23-8-4-9-24-18-12-17-13(7-10-25-17)11-15(18)20/h2-3,5-6,11-12,20H,4,7-10H2,1H3. The molecule has 132 valence electrons. The normalized spacial score (nSPS) is 12.2. The molecule has 0 aliphatic carbocycles. The van der Waals surface area contributed by atoms with Crippen molar-refractivity contribution in [1.82, 2.24) is 0 Å². The zero-order chi connectivity index (χ0) is 17.6. The summed E-state index contributed by atoms with van der Waals surface area (Å²) in [5.41, 5.74) is 1.38. The van der Waals surface area contributed by atoms with Crippen molar-refractivity contribution >= 4 is 5.97 Å². The van der Waals surface area contributed by atoms with Crippen LogP contribution in [0.1, 0.15) is 22.3 Å². The quantitative estimate of drug-likeness (QED) is 0.615. The maximum atomic E-state index is 11.7. The summed E-state index contributed by atoms with van der Waals surface area (Å²) in [5, 5.41) is 9.97. The van der Waals surface area contributed by atoms with Crippen LogP contribution in [0.25, 0.3) is 0 Å². The summed E-state index contributed by atoms with van der Waals surface area (Å²) < 4.78 is 21.4. The SMILES string of the molecule is COC(=O)c1ccccc1OCCCOc1cc2c(cc1O)CCO2. The first kappa shape index (κ1) is 17.0. The van der Waals surface area contributed by atoms with E-state index in [4.69, 9.17) is 18.9 Å². The number of fused-ring (bicyclic) bond motifs is 1. The molecule has 1 aliphatic heterocycles. The molecule has 0 radical (unpaired) electrons. The number of phenols is 1. The average molecular weight is 344 g/mol. The van der Waals surface area contributed by atoms with Gasteiger partial charge in [0.2, 0.25) is 0 Å². The van der Waals surface area contributed by atoms with Crippen LogP contribution in [0.3, 0.4) is 0 Å². The Morgan fingerprint density at radius 1 is 1.16 bits per heavy atom. The predicted octanol–water partition coefficient (Wildman–Crippen LogP) is 2.96. The van der Waals surface area contributed by atoms with Gasteiger partial charge in [0.1, 0.15) is 17.1 Å². The van der Waals surface area contributed by atoms with E-state index in [-0.39, 0.29) is 5.75 Å². The molecule has 0 unspecified atom stereocenters. The molecule has 1 aliphatic rings. The van der Waals surface area contributed by atoms with Crippen LogP contribution >= 0.6 is 0 Å². The molecule has 6 nitrogen and oxygen atoms in total. The molecule has 3 rings (SSSR count). The molecule has 0 bridgehead atoms. The van der Waals surface area contributed by atoms with Gasteiger partial charge >= 0.3 is 5.97 Å². The van der Waals surface area contributed by atoms with E-state index in [0.717, 1.165) is 17.7 Å². The Balaban J connectivity index is 1.49. The fourth-order valence-electron chi connectivity index (χ4n) is 2.60. The average Bonchev–Trinajstić information content (AvgIpc) is 3.08. The van der Waals surface area contributed by atoms with Gasteiger partial charge in [0.15, 0.2) is 11.5 Å². The minimum absolute atomic E-state index is 0.112. The Kier molecular flexibility index (Phi) is 5.28. The zero-order valence-electron chi connectivity index (χ0n) is 14.0. The Bertz CT molecular complexity index is 756. The van der Waals surface area contributed by atoms with E-state index >= 15 is 0 Å². The van der Waals surface area contributed by atoms with Gasteiger partial charge in [0.05, 0.1) is 26.9 Å². The van der Waals surface area contributed by atoms with Gasteiger partial charge in [0.25, 0.3) is 0 Å². The molecular formula is C19H20O6. The van der Waals surface area contributed by atoms with Crippen LogP contribution in [0, 0.1) is 0 Å². The summed E-state index contributed by atoms with van der Waals surface area (Å²) in [7, 11) is 1.33. The highest BCUT2D eigenvalue weighted by atomic mass is 16.5. The van der Waals surface area contributed by atoms with Crippen molar-refractivity contribution in [2.24, 2.45) is 0 Å². The summed E-state index contributed by atoms with van der Waals surface area (Å²) in [6.45, 7) is 1.37. The van der Waals surface area contributed by atoms with Crippen LogP contribution in [0.2, 0.25) is 0 Å². The Morgan fingerprint density at radius 2 is 1.92 bits per heavy atom. The third-order valence-electron chi connectivity index (χ3n) is 3.87. The molecule has 25 heavy (non-hydrogen) atoms. The van der Waals surface area contributed by atoms with Gasteiger partial charge in [-0.1, -0.05) is 12.1 Å². The summed E-state index contributed by atoms with van der Waals surface area (Å²) in [6.07, 6.45) is 1.39. The van der Waals surface area contributed by atoms with Gasteiger partial charge in [0, 0.05) is 24.5 Å². The number of esters is 1. The van der Waals surface area contributed by atoms with E-state index in [1.807, 2.05) is 0 Å². The van der Waals surface area contributed by atoms with Gasteiger partial charge in [-0.3, -0.25) is 0 Å². The lowest BCUT2D eigenvalue weighted by Gasteiger charge is -2.12. The van der Waals surface area contributed by atoms with Gasteiger partial charge < -0.3 is 24.1 Å². The maximum absolute atomic E-state index is 11.7. The third-order valence-corrected chi connectivity index (χ3v) is 3.87. The Morgan fingerprint density at radius 3 is 2.72 bits per heavy atom. The number of para-hydroxylation sites is 1. The van der Waals surface area contributed by atoms with Gasteiger partial charge in [-0.2, -0.15) is 0 Å². The fraction of sp³-hybridized carbons (Fsp3) is 0.316. The van der Waals surface area contributed by atoms with Crippen LogP contribution in [0.5, 0.6) is 23.0 Å². The van der Waals surface area contributed by atoms with Crippen LogP contribution < -0.4 is 14.2 Å². The number of hydrogen-bond acceptors (Lipinski definition) is 6. The minimum Gasteiger partial charge on any atom is -0.504 e. The van der Waals surface area contributed by atoms with Crippen LogP contribution in [0.15, 0.2) is 36.4 Å². The number of phenolic OH excluding ortho intramolecular Hbond substituents is 1. The number of rotatable bonds is 7. The van der Waals surface area contributed by atoms with E-state index < -0.39 is 5.97 Å². The molecule has 0 saturated heterocycles. The highest BCUT2D eigenvalue weighted by Gasteiger charge is 2.16. The van der Waals surface area contributed by atoms with Gasteiger partial charge in [-0.15, -0.1) is 0 Å². The lowest BCUT2D eigenvalue weighted by atomic mass is 10.1. The number of aromatic hydroxyl groups is 1. The first-order valence-corrected chi connectivity index (χ1v) is 8.10. The predicted molar refractivity (Wildman–Crippen MR) is 90.7 cm³/mol. The highest BCUT2D eigenvalue weighted by molar-refractivity contribution is 5.92. The van der Waals surface area contributed by atoms with Crippen molar-refractivity contribution in [3.8, 4) is 23.0 Å². The molecule has 1 heterocycles. The van der Waals surface area contributed by atoms with Crippen molar-refractivity contribution in [1.29, 1.82) is 0 Å². The minimum atomic E-state index is -0.435. The molecule has 0 aromatic heterocycles. The molecule has 6 heteroatoms. The van der Waals surface area contributed by atoms with Crippen molar-refractivity contribution in [2.45, 2.75) is 12.8 Å². The summed E-state index contributed by atoms with van der Waals surface area (Å²) in [6, 6.07) is 10.3. The largest absolute Gasteiger partial charge is 0.504 e. The summed E-state index contributed by atoms with van der Waals surface area (Å²) >= 11 is 0. The van der Waals surface area contributed by atoms with Crippen molar-refractivity contribution in [3.63, 3.8) is 0 Å². The maximum Gasteiger partial charge on any atom is 0.341 e. The molecule has 0 spiro atoms. The van der Waals surface area contributed by atoms with Crippen molar-refractivity contribution in [3.05, 3.63) is 47.5 Å². The molecule has 2 aromatic rings. The fourth-order valence-corrected chi connectivity index (χ4v) is 2.60. The molecule has 2 aromatic carbocycles. The van der Waals surface area contributed by atoms with E-state index in [1.165, 1.54) is 7.11 Å². The first-order valence-electron chi connectivity index (χ1n) is 8.10. The van der Waals surface area contributed by atoms with E-state index in [2.05, 4.69) is 0 Å². The zero-order valence-corrected chi connectivity index (χ0v) is 14.0. The van der Waals surface area contributed by atoms with Gasteiger partial charge in [-0.25, -0.2) is 4.79 Å². The van der Waals surface area contributed by atoms with Crippen LogP contribution in [0.4, 0.5) is 0 Å². The summed E-state index contributed by atoms with van der Waals surface area (Å²) in [4.78, 5) is 11.7. The number of methoxy groups -OCH3 is 1. The summed E-state index contributed by atoms with van der Waals surface area (Å²) in [5.74, 6) is 1.31. The number of benzene rings is 2. The number of carbonyl (C=O) groups is 1. The monoisotopic (exact) mass is 344 g/mol. The van der Waals surface area contributed by atoms with E-state index in [9.17, 15) is 9.90 Å². The Hall–Kier alpha value is -2.89. The number of hydrogen-bond donors (Lipinski definition) is 1. The van der Waals surface area contributed by atoms with Crippen LogP contribution in [-0.4, -0.2) is 38.0 Å². The van der Waals surface area contributed by atoms with E-state index in [1.54, 1.807) is 36.4 Å². The smallest absolute Gasteiger partial charge is 0.341 e. The molecule has 0 atom stereocenters. The van der Waals surface area contributed by atoms with Crippen molar-refractivity contribution in [2.75, 3.05) is 26.9 Å². The first-order chi connectivity index (χ1) is 12.2. The second-order valence-electron chi connectivity index (χ2n) is 5.56. The molecule has 0 fully saturated rings. The topological polar surface area (TPSA) is 74.2 Å². The Labute approximate surface area is 145 Å². The second kappa shape index (κ2) is 7.79. The van der Waals surface area contributed by atoms with Crippen LogP contribution in [-0.2, 0) is 11.2 Å². The second-order valence-corrected chi connectivity index (χ2v) is 5.56. The molecule has 0 amide bonds. The number of ether oxygens (including phenoxy) is 4.